The molecule has 1 heteroatoms. The minimum Gasteiger partial charge on any atom is -0.298 e. The van der Waals surface area contributed by atoms with Gasteiger partial charge in [0.25, 0.3) is 0 Å². The third-order valence-electron chi connectivity index (χ3n) is 2.21. The summed E-state index contributed by atoms with van der Waals surface area (Å²) in [6, 6.07) is 5.90. The van der Waals surface area contributed by atoms with Crippen LogP contribution >= 0.6 is 0 Å². The van der Waals surface area contributed by atoms with Gasteiger partial charge in [-0.25, -0.2) is 0 Å². The van der Waals surface area contributed by atoms with E-state index in [1.54, 1.807) is 0 Å². The normalized spacial score (nSPS) is 14.0. The number of carbonyl (C=O) groups is 1. The van der Waals surface area contributed by atoms with Gasteiger partial charge in [0.15, 0.2) is 0 Å². The summed E-state index contributed by atoms with van der Waals surface area (Å²) in [6.07, 6.45) is 7.20. The second-order valence-corrected chi connectivity index (χ2v) is 3.03. The fourth-order valence-electron chi connectivity index (χ4n) is 1.53. The standard InChI is InChI=1S/C11H10O/c12-8-9-5-6-10-3-1-2-4-11(10)7-9/h1-2,5-8H,3-4H2. The molecule has 0 saturated carbocycles. The van der Waals surface area contributed by atoms with E-state index in [-0.39, 0.29) is 0 Å². The van der Waals surface area contributed by atoms with Crippen LogP contribution in [-0.2, 0) is 12.8 Å². The second-order valence-electron chi connectivity index (χ2n) is 3.03. The third kappa shape index (κ3) is 1.18. The Morgan fingerprint density at radius 3 is 2.58 bits per heavy atom. The van der Waals surface area contributed by atoms with E-state index in [1.165, 1.54) is 11.1 Å². The van der Waals surface area contributed by atoms with Crippen molar-refractivity contribution >= 4 is 6.29 Å². The van der Waals surface area contributed by atoms with Crippen LogP contribution < -0.4 is 0 Å². The van der Waals surface area contributed by atoms with Gasteiger partial charge in [-0.1, -0.05) is 24.3 Å². The zero-order valence-electron chi connectivity index (χ0n) is 6.79. The van der Waals surface area contributed by atoms with Crippen LogP contribution in [0, 0.1) is 0 Å². The summed E-state index contributed by atoms with van der Waals surface area (Å²) in [4.78, 5) is 10.5. The highest BCUT2D eigenvalue weighted by Gasteiger charge is 2.04. The van der Waals surface area contributed by atoms with E-state index in [4.69, 9.17) is 0 Å². The first-order chi connectivity index (χ1) is 5.90. The van der Waals surface area contributed by atoms with Crippen molar-refractivity contribution in [3.63, 3.8) is 0 Å². The van der Waals surface area contributed by atoms with E-state index in [0.29, 0.717) is 0 Å². The molecule has 1 nitrogen and oxygen atoms in total. The highest BCUT2D eigenvalue weighted by molar-refractivity contribution is 5.75. The Morgan fingerprint density at radius 2 is 1.83 bits per heavy atom. The molecule has 0 fully saturated rings. The number of hydrogen-bond acceptors (Lipinski definition) is 1. The number of aldehydes is 1. The van der Waals surface area contributed by atoms with Crippen molar-refractivity contribution in [2.45, 2.75) is 12.8 Å². The average Bonchev–Trinajstić information content (AvgIpc) is 2.17. The number of allylic oxidation sites excluding steroid dienone is 2. The first-order valence-corrected chi connectivity index (χ1v) is 4.12. The highest BCUT2D eigenvalue weighted by Crippen LogP contribution is 2.17. The molecule has 0 atom stereocenters. The Labute approximate surface area is 71.7 Å². The van der Waals surface area contributed by atoms with Crippen LogP contribution in [0.1, 0.15) is 21.5 Å². The molecule has 0 heterocycles. The van der Waals surface area contributed by atoms with Crippen molar-refractivity contribution in [2.24, 2.45) is 0 Å². The predicted molar refractivity (Wildman–Crippen MR) is 48.4 cm³/mol. The molecule has 0 spiro atoms. The fraction of sp³-hybridized carbons (Fsp3) is 0.182. The Hall–Kier alpha value is -1.37. The van der Waals surface area contributed by atoms with Gasteiger partial charge in [0.1, 0.15) is 6.29 Å². The molecule has 0 amide bonds. The first kappa shape index (κ1) is 7.29. The van der Waals surface area contributed by atoms with Gasteiger partial charge in [-0.2, -0.15) is 0 Å². The summed E-state index contributed by atoms with van der Waals surface area (Å²) in [7, 11) is 0. The van der Waals surface area contributed by atoms with Crippen molar-refractivity contribution < 1.29 is 4.79 Å². The Bertz CT molecular complexity index is 337. The first-order valence-electron chi connectivity index (χ1n) is 4.12. The van der Waals surface area contributed by atoms with Gasteiger partial charge in [0.05, 0.1) is 0 Å². The fourth-order valence-corrected chi connectivity index (χ4v) is 1.53. The maximum Gasteiger partial charge on any atom is 0.150 e. The molecule has 0 radical (unpaired) electrons. The SMILES string of the molecule is O=Cc1ccc2c(c1)CC=CC2. The number of carbonyl (C=O) groups excluding carboxylic acids is 1. The van der Waals surface area contributed by atoms with Crippen LogP contribution in [0.3, 0.4) is 0 Å². The van der Waals surface area contributed by atoms with Crippen molar-refractivity contribution in [1.29, 1.82) is 0 Å². The summed E-state index contributed by atoms with van der Waals surface area (Å²) in [5.41, 5.74) is 3.43. The molecule has 0 saturated heterocycles. The minimum atomic E-state index is 0.782. The summed E-state index contributed by atoms with van der Waals surface area (Å²) in [5, 5.41) is 0. The largest absolute Gasteiger partial charge is 0.298 e. The lowest BCUT2D eigenvalue weighted by atomic mass is 9.95. The van der Waals surface area contributed by atoms with Gasteiger partial charge in [0.2, 0.25) is 0 Å². The summed E-state index contributed by atoms with van der Waals surface area (Å²) < 4.78 is 0. The molecular formula is C11H10O. The van der Waals surface area contributed by atoms with E-state index in [9.17, 15) is 4.79 Å². The summed E-state index contributed by atoms with van der Waals surface area (Å²) in [6.45, 7) is 0. The molecule has 1 aliphatic carbocycles. The molecular weight excluding hydrogens is 148 g/mol. The third-order valence-corrected chi connectivity index (χ3v) is 2.21. The van der Waals surface area contributed by atoms with Gasteiger partial charge >= 0.3 is 0 Å². The molecule has 1 aromatic carbocycles. The van der Waals surface area contributed by atoms with E-state index < -0.39 is 0 Å². The molecule has 0 unspecified atom stereocenters. The van der Waals surface area contributed by atoms with Crippen LogP contribution in [0.5, 0.6) is 0 Å². The summed E-state index contributed by atoms with van der Waals surface area (Å²) >= 11 is 0. The molecule has 1 aliphatic rings. The molecule has 0 aliphatic heterocycles. The number of hydrogen-bond donors (Lipinski definition) is 0. The molecule has 0 aromatic heterocycles. The lowest BCUT2D eigenvalue weighted by molar-refractivity contribution is 0.112. The highest BCUT2D eigenvalue weighted by atomic mass is 16.1. The maximum atomic E-state index is 10.5. The van der Waals surface area contributed by atoms with E-state index in [2.05, 4.69) is 12.2 Å². The summed E-state index contributed by atoms with van der Waals surface area (Å²) in [5.74, 6) is 0. The second kappa shape index (κ2) is 2.94. The van der Waals surface area contributed by atoms with E-state index in [1.807, 2.05) is 18.2 Å². The minimum absolute atomic E-state index is 0.782. The number of benzene rings is 1. The van der Waals surface area contributed by atoms with Crippen LogP contribution in [0.2, 0.25) is 0 Å². The average molecular weight is 158 g/mol. The molecule has 0 bridgehead atoms. The molecule has 60 valence electrons. The van der Waals surface area contributed by atoms with Crippen molar-refractivity contribution in [3.05, 3.63) is 47.0 Å². The molecule has 0 N–H and O–H groups in total. The van der Waals surface area contributed by atoms with E-state index in [0.717, 1.165) is 24.7 Å². The van der Waals surface area contributed by atoms with Crippen LogP contribution in [0.25, 0.3) is 0 Å². The lowest BCUT2D eigenvalue weighted by Crippen LogP contribution is -1.97. The number of rotatable bonds is 1. The lowest BCUT2D eigenvalue weighted by Gasteiger charge is -2.10. The van der Waals surface area contributed by atoms with Crippen LogP contribution in [0.4, 0.5) is 0 Å². The Kier molecular flexibility index (Phi) is 1.78. The monoisotopic (exact) mass is 158 g/mol. The van der Waals surface area contributed by atoms with Crippen molar-refractivity contribution in [1.82, 2.24) is 0 Å². The molecule has 2 rings (SSSR count). The maximum absolute atomic E-state index is 10.5. The van der Waals surface area contributed by atoms with Crippen LogP contribution in [-0.4, -0.2) is 6.29 Å². The van der Waals surface area contributed by atoms with Gasteiger partial charge in [-0.3, -0.25) is 4.79 Å². The van der Waals surface area contributed by atoms with Crippen molar-refractivity contribution in [2.75, 3.05) is 0 Å². The van der Waals surface area contributed by atoms with Gasteiger partial charge in [-0.05, 0) is 30.0 Å². The number of fused-ring (bicyclic) bond motifs is 1. The van der Waals surface area contributed by atoms with Gasteiger partial charge < -0.3 is 0 Å². The van der Waals surface area contributed by atoms with E-state index >= 15 is 0 Å². The molecule has 12 heavy (non-hydrogen) atoms. The Balaban J connectivity index is 2.46. The topological polar surface area (TPSA) is 17.1 Å². The van der Waals surface area contributed by atoms with Crippen molar-refractivity contribution in [3.8, 4) is 0 Å². The van der Waals surface area contributed by atoms with Gasteiger partial charge in [-0.15, -0.1) is 0 Å². The van der Waals surface area contributed by atoms with Gasteiger partial charge in [0, 0.05) is 5.56 Å². The zero-order valence-corrected chi connectivity index (χ0v) is 6.79. The predicted octanol–water partition coefficient (Wildman–Crippen LogP) is 2.15. The van der Waals surface area contributed by atoms with Crippen LogP contribution in [0.15, 0.2) is 30.4 Å². The molecule has 1 aromatic rings. The quantitative estimate of drug-likeness (QED) is 0.452. The zero-order chi connectivity index (χ0) is 8.39. The Morgan fingerprint density at radius 1 is 1.08 bits per heavy atom. The smallest absolute Gasteiger partial charge is 0.150 e.